The molecule has 2 atom stereocenters. The van der Waals surface area contributed by atoms with Gasteiger partial charge in [-0.15, -0.1) is 0 Å². The molecule has 0 aliphatic carbocycles. The first-order chi connectivity index (χ1) is 9.67. The molecule has 1 aromatic rings. The van der Waals surface area contributed by atoms with Crippen LogP contribution in [0.15, 0.2) is 12.1 Å². The van der Waals surface area contributed by atoms with Crippen molar-refractivity contribution in [3.8, 4) is 17.2 Å². The lowest BCUT2D eigenvalue weighted by Crippen LogP contribution is -2.46. The number of carboxylic acids is 1. The Balaban J connectivity index is 2.75. The Kier molecular flexibility index (Phi) is 5.43. The second-order valence-electron chi connectivity index (χ2n) is 5.70. The molecule has 6 N–H and O–H groups in total. The number of aromatic hydroxyl groups is 3. The lowest BCUT2D eigenvalue weighted by molar-refractivity contribution is -0.143. The van der Waals surface area contributed by atoms with E-state index in [1.54, 1.807) is 0 Å². The Morgan fingerprint density at radius 2 is 1.81 bits per heavy atom. The Labute approximate surface area is 123 Å². The van der Waals surface area contributed by atoms with E-state index in [2.05, 4.69) is 0 Å². The summed E-state index contributed by atoms with van der Waals surface area (Å²) in [4.78, 5) is 11.1. The van der Waals surface area contributed by atoms with Crippen LogP contribution in [0.5, 0.6) is 17.2 Å². The van der Waals surface area contributed by atoms with Crippen LogP contribution in [-0.4, -0.2) is 31.9 Å². The van der Waals surface area contributed by atoms with E-state index in [1.165, 1.54) is 19.1 Å². The second kappa shape index (κ2) is 6.67. The fourth-order valence-electron chi connectivity index (χ4n) is 2.37. The summed E-state index contributed by atoms with van der Waals surface area (Å²) in [5.74, 6) is -1.53. The molecule has 0 saturated carbocycles. The molecule has 1 rings (SSSR count). The van der Waals surface area contributed by atoms with Gasteiger partial charge in [0.25, 0.3) is 0 Å². The number of carboxylic acid groups (broad SMARTS) is 1. The van der Waals surface area contributed by atoms with Crippen LogP contribution in [0, 0.1) is 5.92 Å². The van der Waals surface area contributed by atoms with Crippen molar-refractivity contribution in [2.24, 2.45) is 11.7 Å². The molecule has 0 saturated heterocycles. The van der Waals surface area contributed by atoms with Gasteiger partial charge in [-0.25, -0.2) is 0 Å². The molecule has 6 heteroatoms. The molecule has 0 fully saturated rings. The molecule has 21 heavy (non-hydrogen) atoms. The van der Waals surface area contributed by atoms with Crippen molar-refractivity contribution in [1.82, 2.24) is 0 Å². The maximum absolute atomic E-state index is 11.1. The van der Waals surface area contributed by atoms with E-state index in [4.69, 9.17) is 10.8 Å². The maximum Gasteiger partial charge on any atom is 0.323 e. The molecule has 0 aliphatic heterocycles. The number of phenolic OH excluding ortho intramolecular Hbond substituents is 3. The van der Waals surface area contributed by atoms with Crippen molar-refractivity contribution in [2.75, 3.05) is 0 Å². The second-order valence-corrected chi connectivity index (χ2v) is 5.70. The average Bonchev–Trinajstić information content (AvgIpc) is 2.35. The topological polar surface area (TPSA) is 124 Å². The van der Waals surface area contributed by atoms with Crippen molar-refractivity contribution in [1.29, 1.82) is 0 Å². The fraction of sp³-hybridized carbons (Fsp3) is 0.533. The zero-order valence-corrected chi connectivity index (χ0v) is 12.3. The van der Waals surface area contributed by atoms with E-state index in [0.717, 1.165) is 6.42 Å². The summed E-state index contributed by atoms with van der Waals surface area (Å²) >= 11 is 0. The summed E-state index contributed by atoms with van der Waals surface area (Å²) in [6.45, 7) is 3.42. The van der Waals surface area contributed by atoms with Crippen LogP contribution in [0.25, 0.3) is 0 Å². The Bertz CT molecular complexity index is 490. The molecule has 0 aromatic heterocycles. The quantitative estimate of drug-likeness (QED) is 0.524. The first-order valence-electron chi connectivity index (χ1n) is 6.93. The third kappa shape index (κ3) is 4.53. The minimum absolute atomic E-state index is 0.0590. The third-order valence-corrected chi connectivity index (χ3v) is 3.77. The molecular formula is C15H23NO5. The van der Waals surface area contributed by atoms with Crippen molar-refractivity contribution in [2.45, 2.75) is 45.1 Å². The highest BCUT2D eigenvalue weighted by molar-refractivity contribution is 5.77. The largest absolute Gasteiger partial charge is 0.508 e. The van der Waals surface area contributed by atoms with Gasteiger partial charge in [0.15, 0.2) is 0 Å². The van der Waals surface area contributed by atoms with Crippen LogP contribution in [0.3, 0.4) is 0 Å². The zero-order valence-electron chi connectivity index (χ0n) is 12.3. The van der Waals surface area contributed by atoms with E-state index in [-0.39, 0.29) is 23.2 Å². The number of rotatable bonds is 7. The van der Waals surface area contributed by atoms with Gasteiger partial charge in [-0.2, -0.15) is 0 Å². The van der Waals surface area contributed by atoms with Crippen LogP contribution < -0.4 is 5.73 Å². The number of hydrogen-bond acceptors (Lipinski definition) is 5. The van der Waals surface area contributed by atoms with Crippen LogP contribution in [0.2, 0.25) is 0 Å². The Hall–Kier alpha value is -1.95. The van der Waals surface area contributed by atoms with Crippen LogP contribution in [-0.2, 0) is 11.2 Å². The number of benzene rings is 1. The average molecular weight is 297 g/mol. The molecule has 6 nitrogen and oxygen atoms in total. The van der Waals surface area contributed by atoms with Crippen molar-refractivity contribution in [3.05, 3.63) is 17.7 Å². The van der Waals surface area contributed by atoms with Crippen LogP contribution in [0.4, 0.5) is 0 Å². The van der Waals surface area contributed by atoms with Crippen molar-refractivity contribution >= 4 is 5.97 Å². The molecule has 1 aromatic carbocycles. The van der Waals surface area contributed by atoms with Gasteiger partial charge < -0.3 is 26.2 Å². The number of carbonyl (C=O) groups is 1. The molecule has 0 radical (unpaired) electrons. The van der Waals surface area contributed by atoms with Gasteiger partial charge in [-0.3, -0.25) is 4.79 Å². The minimum Gasteiger partial charge on any atom is -0.508 e. The van der Waals surface area contributed by atoms with Gasteiger partial charge in [0.2, 0.25) is 0 Å². The Morgan fingerprint density at radius 1 is 1.29 bits per heavy atom. The van der Waals surface area contributed by atoms with E-state index in [0.29, 0.717) is 24.8 Å². The summed E-state index contributed by atoms with van der Waals surface area (Å²) in [6, 6.07) is 2.33. The molecule has 0 bridgehead atoms. The van der Waals surface area contributed by atoms with Gasteiger partial charge in [-0.1, -0.05) is 13.3 Å². The minimum atomic E-state index is -1.29. The molecular weight excluding hydrogens is 274 g/mol. The highest BCUT2D eigenvalue weighted by Gasteiger charge is 2.30. The monoisotopic (exact) mass is 297 g/mol. The molecule has 0 aliphatic rings. The summed E-state index contributed by atoms with van der Waals surface area (Å²) in [7, 11) is 0. The predicted octanol–water partition coefficient (Wildman–Crippen LogP) is 1.95. The van der Waals surface area contributed by atoms with E-state index >= 15 is 0 Å². The third-order valence-electron chi connectivity index (χ3n) is 3.77. The van der Waals surface area contributed by atoms with Gasteiger partial charge >= 0.3 is 5.97 Å². The molecule has 118 valence electrons. The summed E-state index contributed by atoms with van der Waals surface area (Å²) in [5.41, 5.74) is 4.81. The standard InChI is InChI=1S/C15H23NO5/c1-3-9(8-15(2,16)14(20)21)4-5-11-12(18)6-10(17)7-13(11)19/h6-7,9,17-19H,3-5,8,16H2,1-2H3,(H,20,21). The lowest BCUT2D eigenvalue weighted by Gasteiger charge is -2.25. The van der Waals surface area contributed by atoms with Gasteiger partial charge in [0, 0.05) is 17.7 Å². The molecule has 2 unspecified atom stereocenters. The van der Waals surface area contributed by atoms with Gasteiger partial charge in [-0.05, 0) is 32.1 Å². The first kappa shape index (κ1) is 17.1. The highest BCUT2D eigenvalue weighted by Crippen LogP contribution is 2.34. The van der Waals surface area contributed by atoms with Crippen molar-refractivity contribution < 1.29 is 25.2 Å². The SMILES string of the molecule is CCC(CCc1c(O)cc(O)cc1O)CC(C)(N)C(=O)O. The van der Waals surface area contributed by atoms with Crippen molar-refractivity contribution in [3.63, 3.8) is 0 Å². The molecule has 0 amide bonds. The van der Waals surface area contributed by atoms with Gasteiger partial charge in [0.1, 0.15) is 22.8 Å². The fourth-order valence-corrected chi connectivity index (χ4v) is 2.37. The maximum atomic E-state index is 11.1. The summed E-state index contributed by atoms with van der Waals surface area (Å²) in [5, 5.41) is 37.8. The van der Waals surface area contributed by atoms with E-state index in [1.807, 2.05) is 6.92 Å². The molecule has 0 heterocycles. The number of hydrogen-bond donors (Lipinski definition) is 5. The highest BCUT2D eigenvalue weighted by atomic mass is 16.4. The number of nitrogens with two attached hydrogens (primary N) is 1. The first-order valence-corrected chi connectivity index (χ1v) is 6.93. The summed E-state index contributed by atoms with van der Waals surface area (Å²) < 4.78 is 0. The lowest BCUT2D eigenvalue weighted by atomic mass is 9.84. The normalized spacial score (nSPS) is 15.4. The number of aliphatic carboxylic acids is 1. The van der Waals surface area contributed by atoms with Gasteiger partial charge in [0.05, 0.1) is 0 Å². The van der Waals surface area contributed by atoms with Crippen LogP contribution in [0.1, 0.15) is 38.7 Å². The van der Waals surface area contributed by atoms with Crippen LogP contribution >= 0.6 is 0 Å². The van der Waals surface area contributed by atoms with E-state index in [9.17, 15) is 20.1 Å². The zero-order chi connectivity index (χ0) is 16.2. The summed E-state index contributed by atoms with van der Waals surface area (Å²) in [6.07, 6.45) is 2.03. The molecule has 0 spiro atoms. The Morgan fingerprint density at radius 3 is 2.24 bits per heavy atom. The van der Waals surface area contributed by atoms with E-state index < -0.39 is 11.5 Å². The number of phenols is 3. The smallest absolute Gasteiger partial charge is 0.323 e. The predicted molar refractivity (Wildman–Crippen MR) is 78.4 cm³/mol.